The smallest absolute Gasteiger partial charge is 0.269 e. The summed E-state index contributed by atoms with van der Waals surface area (Å²) in [7, 11) is 0. The van der Waals surface area contributed by atoms with Crippen LogP contribution in [0.4, 0.5) is 5.69 Å². The van der Waals surface area contributed by atoms with Gasteiger partial charge in [-0.15, -0.1) is 0 Å². The highest BCUT2D eigenvalue weighted by Crippen LogP contribution is 2.27. The molecular formula is C20H21ClN4O3. The number of hydrogen-bond acceptors (Lipinski definition) is 5. The molecule has 0 aliphatic carbocycles. The fourth-order valence-corrected chi connectivity index (χ4v) is 2.68. The Kier molecular flexibility index (Phi) is 6.99. The minimum atomic E-state index is -1.06. The van der Waals surface area contributed by atoms with Gasteiger partial charge in [-0.3, -0.25) is 20.4 Å². The Balaban J connectivity index is 2.08. The molecule has 2 amide bonds. The third-order valence-electron chi connectivity index (χ3n) is 4.20. The molecule has 2 atom stereocenters. The molecule has 2 aromatic rings. The van der Waals surface area contributed by atoms with E-state index in [1.807, 2.05) is 13.0 Å². The normalized spacial score (nSPS) is 12.4. The van der Waals surface area contributed by atoms with Crippen molar-refractivity contribution in [2.45, 2.75) is 32.9 Å². The van der Waals surface area contributed by atoms with Crippen LogP contribution in [0.15, 0.2) is 36.4 Å². The number of halogens is 1. The molecule has 0 spiro atoms. The lowest BCUT2D eigenvalue weighted by molar-refractivity contribution is -0.124. The van der Waals surface area contributed by atoms with Crippen molar-refractivity contribution in [3.05, 3.63) is 63.7 Å². The zero-order valence-electron chi connectivity index (χ0n) is 15.7. The van der Waals surface area contributed by atoms with Crippen LogP contribution >= 0.6 is 11.6 Å². The van der Waals surface area contributed by atoms with Crippen LogP contribution in [-0.2, 0) is 4.79 Å². The molecule has 146 valence electrons. The van der Waals surface area contributed by atoms with E-state index in [2.05, 4.69) is 16.2 Å². The van der Waals surface area contributed by atoms with E-state index in [0.717, 1.165) is 5.56 Å². The number of nitriles is 1. The third-order valence-corrected chi connectivity index (χ3v) is 4.68. The van der Waals surface area contributed by atoms with Crippen molar-refractivity contribution in [1.29, 1.82) is 5.26 Å². The van der Waals surface area contributed by atoms with Crippen LogP contribution in [0.25, 0.3) is 0 Å². The maximum absolute atomic E-state index is 12.5. The highest BCUT2D eigenvalue weighted by Gasteiger charge is 2.25. The molecule has 0 heterocycles. The molecule has 2 aromatic carbocycles. The number of amides is 2. The van der Waals surface area contributed by atoms with Crippen LogP contribution in [0.1, 0.15) is 34.0 Å². The Morgan fingerprint density at radius 1 is 1.11 bits per heavy atom. The zero-order chi connectivity index (χ0) is 20.8. The van der Waals surface area contributed by atoms with Crippen LogP contribution in [-0.4, -0.2) is 29.1 Å². The Labute approximate surface area is 168 Å². The van der Waals surface area contributed by atoms with Gasteiger partial charge < -0.3 is 10.4 Å². The summed E-state index contributed by atoms with van der Waals surface area (Å²) in [5, 5.41) is 22.2. The monoisotopic (exact) mass is 400 g/mol. The van der Waals surface area contributed by atoms with E-state index in [0.29, 0.717) is 22.4 Å². The molecule has 0 fully saturated rings. The zero-order valence-corrected chi connectivity index (χ0v) is 16.5. The number of aryl methyl sites for hydroxylation is 1. The molecule has 28 heavy (non-hydrogen) atoms. The van der Waals surface area contributed by atoms with Gasteiger partial charge >= 0.3 is 0 Å². The molecule has 0 aromatic heterocycles. The number of carbonyl (C=O) groups excluding carboxylic acids is 2. The number of rotatable bonds is 5. The molecule has 0 unspecified atom stereocenters. The number of nitrogens with one attached hydrogen (secondary N) is 3. The average molecular weight is 401 g/mol. The molecule has 8 heteroatoms. The predicted molar refractivity (Wildman–Crippen MR) is 107 cm³/mol. The second-order valence-electron chi connectivity index (χ2n) is 6.38. The van der Waals surface area contributed by atoms with Crippen molar-refractivity contribution in [3.8, 4) is 6.07 Å². The molecule has 0 aliphatic rings. The van der Waals surface area contributed by atoms with Crippen molar-refractivity contribution < 1.29 is 14.7 Å². The second-order valence-corrected chi connectivity index (χ2v) is 6.76. The summed E-state index contributed by atoms with van der Waals surface area (Å²) in [4.78, 5) is 24.6. The van der Waals surface area contributed by atoms with Gasteiger partial charge in [0.1, 0.15) is 12.1 Å². The van der Waals surface area contributed by atoms with Gasteiger partial charge in [-0.25, -0.2) is 0 Å². The fraction of sp³-hybridized carbons (Fsp3) is 0.250. The summed E-state index contributed by atoms with van der Waals surface area (Å²) in [5.41, 5.74) is 7.41. The molecular weight excluding hydrogens is 380 g/mol. The number of anilines is 1. The number of aliphatic hydroxyl groups is 1. The number of nitrogens with zero attached hydrogens (tertiary/aromatic N) is 1. The van der Waals surface area contributed by atoms with Gasteiger partial charge in [0.2, 0.25) is 0 Å². The van der Waals surface area contributed by atoms with Gasteiger partial charge in [0, 0.05) is 11.3 Å². The van der Waals surface area contributed by atoms with Gasteiger partial charge in [-0.1, -0.05) is 29.3 Å². The van der Waals surface area contributed by atoms with E-state index < -0.39 is 24.0 Å². The number of hydrazine groups is 1. The summed E-state index contributed by atoms with van der Waals surface area (Å²) >= 11 is 6.14. The highest BCUT2D eigenvalue weighted by molar-refractivity contribution is 6.32. The topological polar surface area (TPSA) is 114 Å². The fourth-order valence-electron chi connectivity index (χ4n) is 2.47. The van der Waals surface area contributed by atoms with Crippen molar-refractivity contribution in [1.82, 2.24) is 10.9 Å². The first-order chi connectivity index (χ1) is 13.2. The lowest BCUT2D eigenvalue weighted by atomic mass is 10.1. The highest BCUT2D eigenvalue weighted by atomic mass is 35.5. The molecule has 0 saturated carbocycles. The molecule has 0 aliphatic heterocycles. The van der Waals surface area contributed by atoms with E-state index in [1.54, 1.807) is 37.3 Å². The van der Waals surface area contributed by atoms with Crippen molar-refractivity contribution >= 4 is 29.1 Å². The average Bonchev–Trinajstić information content (AvgIpc) is 2.67. The Morgan fingerprint density at radius 2 is 1.75 bits per heavy atom. The van der Waals surface area contributed by atoms with E-state index in [9.17, 15) is 14.7 Å². The number of hydrogen-bond donors (Lipinski definition) is 4. The molecule has 2 rings (SSSR count). The molecule has 7 nitrogen and oxygen atoms in total. The van der Waals surface area contributed by atoms with Gasteiger partial charge in [0.05, 0.1) is 16.7 Å². The summed E-state index contributed by atoms with van der Waals surface area (Å²) in [5.74, 6) is -1.11. The Bertz CT molecular complexity index is 920. The Hall–Kier alpha value is -3.08. The third kappa shape index (κ3) is 5.00. The van der Waals surface area contributed by atoms with Crippen LogP contribution in [0, 0.1) is 25.2 Å². The minimum absolute atomic E-state index is 0.268. The van der Waals surface area contributed by atoms with Crippen LogP contribution < -0.4 is 16.2 Å². The van der Waals surface area contributed by atoms with Crippen LogP contribution in [0.5, 0.6) is 0 Å². The summed E-state index contributed by atoms with van der Waals surface area (Å²) in [6.45, 7) is 5.04. The van der Waals surface area contributed by atoms with E-state index in [-0.39, 0.29) is 5.02 Å². The standard InChI is InChI=1S/C20H21ClN4O3/c1-11-4-6-14(7-5-11)19(27)24-25-20(28)18(13(3)26)23-16-9-8-15(10-22)17(21)12(16)2/h4-9,13,18,23,26H,1-3H3,(H,24,27)(H,25,28)/t13-,18+/m0/s1. The van der Waals surface area contributed by atoms with Gasteiger partial charge in [-0.05, 0) is 50.6 Å². The van der Waals surface area contributed by atoms with E-state index in [4.69, 9.17) is 16.9 Å². The predicted octanol–water partition coefficient (Wildman–Crippen LogP) is 2.45. The molecule has 0 saturated heterocycles. The Morgan fingerprint density at radius 3 is 2.32 bits per heavy atom. The number of carbonyl (C=O) groups is 2. The first-order valence-electron chi connectivity index (χ1n) is 8.55. The van der Waals surface area contributed by atoms with Gasteiger partial charge in [0.25, 0.3) is 11.8 Å². The van der Waals surface area contributed by atoms with E-state index >= 15 is 0 Å². The maximum atomic E-state index is 12.5. The lowest BCUT2D eigenvalue weighted by Gasteiger charge is -2.23. The summed E-state index contributed by atoms with van der Waals surface area (Å²) in [6, 6.07) is 10.9. The van der Waals surface area contributed by atoms with Crippen LogP contribution in [0.3, 0.4) is 0 Å². The second kappa shape index (κ2) is 9.22. The van der Waals surface area contributed by atoms with E-state index in [1.165, 1.54) is 13.0 Å². The number of benzene rings is 2. The lowest BCUT2D eigenvalue weighted by Crippen LogP contribution is -2.52. The molecule has 4 N–H and O–H groups in total. The summed E-state index contributed by atoms with van der Waals surface area (Å²) < 4.78 is 0. The first kappa shape index (κ1) is 21.2. The van der Waals surface area contributed by atoms with Gasteiger partial charge in [0.15, 0.2) is 0 Å². The molecule has 0 radical (unpaired) electrons. The van der Waals surface area contributed by atoms with Crippen LogP contribution in [0.2, 0.25) is 5.02 Å². The van der Waals surface area contributed by atoms with Crippen molar-refractivity contribution in [3.63, 3.8) is 0 Å². The minimum Gasteiger partial charge on any atom is -0.391 e. The maximum Gasteiger partial charge on any atom is 0.269 e. The number of aliphatic hydroxyl groups excluding tert-OH is 1. The summed E-state index contributed by atoms with van der Waals surface area (Å²) in [6.07, 6.45) is -1.06. The van der Waals surface area contributed by atoms with Crippen molar-refractivity contribution in [2.75, 3.05) is 5.32 Å². The first-order valence-corrected chi connectivity index (χ1v) is 8.93. The largest absolute Gasteiger partial charge is 0.391 e. The quantitative estimate of drug-likeness (QED) is 0.575. The van der Waals surface area contributed by atoms with Gasteiger partial charge in [-0.2, -0.15) is 5.26 Å². The SMILES string of the molecule is Cc1ccc(C(=O)NNC(=O)[C@H](Nc2ccc(C#N)c(Cl)c2C)[C@H](C)O)cc1. The van der Waals surface area contributed by atoms with Crippen molar-refractivity contribution in [2.24, 2.45) is 0 Å². The molecule has 0 bridgehead atoms.